The fraction of sp³-hybridized carbons (Fsp3) is 0.867. The average Bonchev–Trinajstić information content (AvgIpc) is 2.48. The van der Waals surface area contributed by atoms with Crippen molar-refractivity contribution in [3.8, 4) is 0 Å². The molecule has 6 heteroatoms. The van der Waals surface area contributed by atoms with Crippen LogP contribution >= 0.6 is 0 Å². The van der Waals surface area contributed by atoms with E-state index in [-0.39, 0.29) is 12.5 Å². The average molecular weight is 301 g/mol. The molecule has 1 saturated carbocycles. The van der Waals surface area contributed by atoms with Gasteiger partial charge in [0.1, 0.15) is 5.92 Å². The van der Waals surface area contributed by atoms with Crippen LogP contribution in [0.1, 0.15) is 51.9 Å². The normalized spacial score (nSPS) is 20.5. The number of carbonyl (C=O) groups is 2. The van der Waals surface area contributed by atoms with Crippen LogP contribution in [0.25, 0.3) is 0 Å². The Kier molecular flexibility index (Phi) is 7.11. The van der Waals surface area contributed by atoms with Crippen LogP contribution in [0.3, 0.4) is 0 Å². The van der Waals surface area contributed by atoms with Gasteiger partial charge < -0.3 is 14.6 Å². The third-order valence-corrected chi connectivity index (χ3v) is 4.25. The zero-order valence-electron chi connectivity index (χ0n) is 13.0. The van der Waals surface area contributed by atoms with E-state index in [1.807, 2.05) is 6.92 Å². The Labute approximate surface area is 126 Å². The number of carboxylic acids is 1. The highest BCUT2D eigenvalue weighted by Crippen LogP contribution is 2.36. The molecule has 1 fully saturated rings. The first-order valence-electron chi connectivity index (χ1n) is 7.71. The summed E-state index contributed by atoms with van der Waals surface area (Å²) >= 11 is 0. The van der Waals surface area contributed by atoms with Gasteiger partial charge in [-0.25, -0.2) is 4.79 Å². The van der Waals surface area contributed by atoms with E-state index in [0.29, 0.717) is 0 Å². The minimum atomic E-state index is -2.02. The lowest BCUT2D eigenvalue weighted by Crippen LogP contribution is -2.60. The van der Waals surface area contributed by atoms with Crippen molar-refractivity contribution < 1.29 is 24.2 Å². The van der Waals surface area contributed by atoms with Crippen molar-refractivity contribution in [3.63, 3.8) is 0 Å². The molecule has 2 unspecified atom stereocenters. The molecule has 122 valence electrons. The molecule has 1 aliphatic carbocycles. The van der Waals surface area contributed by atoms with Crippen LogP contribution < -0.4 is 5.73 Å². The third kappa shape index (κ3) is 4.41. The van der Waals surface area contributed by atoms with Crippen molar-refractivity contribution in [2.75, 3.05) is 13.7 Å². The molecule has 2 atom stereocenters. The minimum Gasteiger partial charge on any atom is -0.478 e. The van der Waals surface area contributed by atoms with E-state index < -0.39 is 23.6 Å². The fourth-order valence-electron chi connectivity index (χ4n) is 2.94. The lowest BCUT2D eigenvalue weighted by Gasteiger charge is -2.37. The van der Waals surface area contributed by atoms with E-state index in [4.69, 9.17) is 15.2 Å². The van der Waals surface area contributed by atoms with Crippen LogP contribution in [0.4, 0.5) is 0 Å². The second-order valence-corrected chi connectivity index (χ2v) is 5.70. The van der Waals surface area contributed by atoms with Gasteiger partial charge in [-0.15, -0.1) is 0 Å². The van der Waals surface area contributed by atoms with E-state index in [0.717, 1.165) is 44.9 Å². The Hall–Kier alpha value is -1.14. The summed E-state index contributed by atoms with van der Waals surface area (Å²) in [6, 6.07) is 0. The van der Waals surface area contributed by atoms with Gasteiger partial charge in [0, 0.05) is 7.11 Å². The number of hydrogen-bond acceptors (Lipinski definition) is 5. The lowest BCUT2D eigenvalue weighted by molar-refractivity contribution is -0.186. The van der Waals surface area contributed by atoms with Gasteiger partial charge in [0.25, 0.3) is 0 Å². The van der Waals surface area contributed by atoms with Gasteiger partial charge in [-0.3, -0.25) is 10.5 Å². The molecule has 0 radical (unpaired) electrons. The predicted molar refractivity (Wildman–Crippen MR) is 77.5 cm³/mol. The van der Waals surface area contributed by atoms with Crippen molar-refractivity contribution in [2.24, 2.45) is 17.6 Å². The molecule has 0 aromatic rings. The smallest absolute Gasteiger partial charge is 0.352 e. The zero-order chi connectivity index (χ0) is 15.9. The quantitative estimate of drug-likeness (QED) is 0.403. The summed E-state index contributed by atoms with van der Waals surface area (Å²) in [5.41, 5.74) is 3.88. The van der Waals surface area contributed by atoms with Crippen molar-refractivity contribution in [1.29, 1.82) is 0 Å². The molecule has 0 amide bonds. The maximum Gasteiger partial charge on any atom is 0.352 e. The van der Waals surface area contributed by atoms with Crippen LogP contribution in [0, 0.1) is 11.8 Å². The first-order valence-corrected chi connectivity index (χ1v) is 7.71. The molecule has 1 aliphatic rings. The molecule has 0 aromatic heterocycles. The topological polar surface area (TPSA) is 98.9 Å². The van der Waals surface area contributed by atoms with E-state index in [1.54, 1.807) is 0 Å². The largest absolute Gasteiger partial charge is 0.478 e. The number of esters is 1. The summed E-state index contributed by atoms with van der Waals surface area (Å²) in [4.78, 5) is 23.9. The number of aliphatic carboxylic acids is 1. The summed E-state index contributed by atoms with van der Waals surface area (Å²) in [6.07, 6.45) is 6.27. The predicted octanol–water partition coefficient (Wildman–Crippen LogP) is 1.91. The molecule has 0 spiro atoms. The molecular weight excluding hydrogens is 274 g/mol. The van der Waals surface area contributed by atoms with Crippen LogP contribution in [0.5, 0.6) is 0 Å². The summed E-state index contributed by atoms with van der Waals surface area (Å²) in [7, 11) is 1.23. The monoisotopic (exact) mass is 301 g/mol. The minimum absolute atomic E-state index is 0.103. The van der Waals surface area contributed by atoms with Gasteiger partial charge in [0.05, 0.1) is 6.61 Å². The van der Waals surface area contributed by atoms with Crippen molar-refractivity contribution in [2.45, 2.75) is 57.6 Å². The Bertz CT molecular complexity index is 354. The molecule has 0 aromatic carbocycles. The maximum absolute atomic E-state index is 12.4. The van der Waals surface area contributed by atoms with Gasteiger partial charge >= 0.3 is 11.9 Å². The third-order valence-electron chi connectivity index (χ3n) is 4.25. The first kappa shape index (κ1) is 17.9. The SMILES string of the molecule is CCCCOC(=O)C(C1CCCCC1)C(N)(OC)C(=O)O. The standard InChI is InChI=1S/C15H27NO5/c1-3-4-10-21-13(17)12(11-8-6-5-7-9-11)15(16,20-2)14(18)19/h11-12H,3-10,16H2,1-2H3,(H,18,19). The fourth-order valence-corrected chi connectivity index (χ4v) is 2.94. The number of rotatable bonds is 8. The highest BCUT2D eigenvalue weighted by molar-refractivity contribution is 5.86. The van der Waals surface area contributed by atoms with Crippen LogP contribution in [-0.2, 0) is 19.1 Å². The van der Waals surface area contributed by atoms with Crippen molar-refractivity contribution >= 4 is 11.9 Å². The first-order chi connectivity index (χ1) is 9.97. The molecule has 0 bridgehead atoms. The van der Waals surface area contributed by atoms with E-state index in [9.17, 15) is 14.7 Å². The second kappa shape index (κ2) is 8.34. The van der Waals surface area contributed by atoms with Crippen molar-refractivity contribution in [1.82, 2.24) is 0 Å². The highest BCUT2D eigenvalue weighted by atomic mass is 16.6. The second-order valence-electron chi connectivity index (χ2n) is 5.70. The Morgan fingerprint density at radius 1 is 1.33 bits per heavy atom. The molecule has 1 rings (SSSR count). The molecule has 21 heavy (non-hydrogen) atoms. The van der Waals surface area contributed by atoms with Crippen LogP contribution in [0.2, 0.25) is 0 Å². The van der Waals surface area contributed by atoms with E-state index in [1.165, 1.54) is 7.11 Å². The Morgan fingerprint density at radius 3 is 2.43 bits per heavy atom. The number of carboxylic acid groups (broad SMARTS) is 1. The highest BCUT2D eigenvalue weighted by Gasteiger charge is 2.51. The van der Waals surface area contributed by atoms with Gasteiger partial charge in [-0.1, -0.05) is 32.6 Å². The zero-order valence-corrected chi connectivity index (χ0v) is 13.0. The number of nitrogens with two attached hydrogens (primary N) is 1. The molecule has 0 heterocycles. The van der Waals surface area contributed by atoms with E-state index in [2.05, 4.69) is 0 Å². The van der Waals surface area contributed by atoms with Crippen molar-refractivity contribution in [3.05, 3.63) is 0 Å². The molecule has 0 saturated heterocycles. The van der Waals surface area contributed by atoms with Gasteiger partial charge in [-0.2, -0.15) is 0 Å². The molecule has 3 N–H and O–H groups in total. The number of unbranched alkanes of at least 4 members (excludes halogenated alkanes) is 1. The summed E-state index contributed by atoms with van der Waals surface area (Å²) < 4.78 is 10.3. The number of ether oxygens (including phenoxy) is 2. The summed E-state index contributed by atoms with van der Waals surface area (Å²) in [5, 5.41) is 9.40. The molecule has 0 aliphatic heterocycles. The maximum atomic E-state index is 12.4. The number of methoxy groups -OCH3 is 1. The van der Waals surface area contributed by atoms with Crippen LogP contribution in [-0.4, -0.2) is 36.5 Å². The van der Waals surface area contributed by atoms with Gasteiger partial charge in [0.15, 0.2) is 0 Å². The summed E-state index contributed by atoms with van der Waals surface area (Å²) in [6.45, 7) is 2.28. The molecular formula is C15H27NO5. The number of hydrogen-bond donors (Lipinski definition) is 2. The lowest BCUT2D eigenvalue weighted by atomic mass is 9.75. The van der Waals surface area contributed by atoms with Crippen LogP contribution in [0.15, 0.2) is 0 Å². The Morgan fingerprint density at radius 2 is 1.95 bits per heavy atom. The molecule has 6 nitrogen and oxygen atoms in total. The van der Waals surface area contributed by atoms with Gasteiger partial charge in [-0.05, 0) is 25.2 Å². The summed E-state index contributed by atoms with van der Waals surface area (Å²) in [5.74, 6) is -2.94. The van der Waals surface area contributed by atoms with E-state index >= 15 is 0 Å². The number of carbonyl (C=O) groups excluding carboxylic acids is 1. The van der Waals surface area contributed by atoms with Gasteiger partial charge in [0.2, 0.25) is 5.72 Å². The Balaban J connectivity index is 2.92.